The quantitative estimate of drug-likeness (QED) is 0.546. The second kappa shape index (κ2) is 10.0. The molecule has 0 bridgehead atoms. The van der Waals surface area contributed by atoms with Crippen molar-refractivity contribution in [1.29, 1.82) is 0 Å². The number of hydrogen-bond donors (Lipinski definition) is 3. The number of rotatable bonds is 9. The Balaban J connectivity index is 3.84. The molecule has 0 aromatic heterocycles. The van der Waals surface area contributed by atoms with Crippen LogP contribution in [0, 0.1) is 0 Å². The van der Waals surface area contributed by atoms with E-state index < -0.39 is 18.0 Å². The van der Waals surface area contributed by atoms with Gasteiger partial charge in [-0.1, -0.05) is 0 Å². The Kier molecular flexibility index (Phi) is 9.49. The fraction of sp³-hybridized carbons (Fsp3) is 0.818. The van der Waals surface area contributed by atoms with E-state index in [1.54, 1.807) is 11.8 Å². The van der Waals surface area contributed by atoms with E-state index in [4.69, 9.17) is 9.84 Å². The van der Waals surface area contributed by atoms with Crippen molar-refractivity contribution in [3.8, 4) is 0 Å². The van der Waals surface area contributed by atoms with E-state index in [9.17, 15) is 9.59 Å². The van der Waals surface area contributed by atoms with Crippen LogP contribution in [-0.4, -0.2) is 54.4 Å². The predicted octanol–water partition coefficient (Wildman–Crippen LogP) is 0.917. The first-order valence-corrected chi connectivity index (χ1v) is 7.24. The number of amides is 2. The minimum Gasteiger partial charge on any atom is -0.480 e. The molecule has 0 saturated heterocycles. The topological polar surface area (TPSA) is 87.7 Å². The third-order valence-corrected chi connectivity index (χ3v) is 2.70. The van der Waals surface area contributed by atoms with Gasteiger partial charge in [-0.3, -0.25) is 0 Å². The minimum absolute atomic E-state index is 0.114. The average molecular weight is 278 g/mol. The Morgan fingerprint density at radius 3 is 2.56 bits per heavy atom. The number of urea groups is 1. The van der Waals surface area contributed by atoms with Crippen molar-refractivity contribution in [2.24, 2.45) is 0 Å². The molecular formula is C11H22N2O4S. The molecule has 0 rings (SSSR count). The van der Waals surface area contributed by atoms with Gasteiger partial charge >= 0.3 is 12.0 Å². The van der Waals surface area contributed by atoms with Crippen LogP contribution in [0.1, 0.15) is 20.3 Å². The fourth-order valence-corrected chi connectivity index (χ4v) is 1.63. The zero-order valence-electron chi connectivity index (χ0n) is 11.1. The lowest BCUT2D eigenvalue weighted by molar-refractivity contribution is -0.139. The molecule has 18 heavy (non-hydrogen) atoms. The van der Waals surface area contributed by atoms with Gasteiger partial charge in [0.2, 0.25) is 0 Å². The fourth-order valence-electron chi connectivity index (χ4n) is 1.16. The maximum absolute atomic E-state index is 11.4. The number of carbonyl (C=O) groups excluding carboxylic acids is 1. The number of carboxylic acid groups (broad SMARTS) is 1. The number of ether oxygens (including phenoxy) is 1. The van der Waals surface area contributed by atoms with Crippen LogP contribution in [0.15, 0.2) is 0 Å². The van der Waals surface area contributed by atoms with Crippen LogP contribution < -0.4 is 10.6 Å². The number of carbonyl (C=O) groups is 2. The lowest BCUT2D eigenvalue weighted by Crippen LogP contribution is -2.47. The summed E-state index contributed by atoms with van der Waals surface area (Å²) in [6, 6.07) is -1.32. The van der Waals surface area contributed by atoms with Gasteiger partial charge in [0.15, 0.2) is 0 Å². The smallest absolute Gasteiger partial charge is 0.326 e. The van der Waals surface area contributed by atoms with Crippen LogP contribution in [0.5, 0.6) is 0 Å². The van der Waals surface area contributed by atoms with Crippen molar-refractivity contribution in [2.45, 2.75) is 32.4 Å². The van der Waals surface area contributed by atoms with Crippen molar-refractivity contribution in [3.05, 3.63) is 0 Å². The van der Waals surface area contributed by atoms with Crippen LogP contribution in [-0.2, 0) is 9.53 Å². The number of hydrogen-bond acceptors (Lipinski definition) is 4. The molecule has 0 aliphatic heterocycles. The third kappa shape index (κ3) is 9.12. The van der Waals surface area contributed by atoms with E-state index in [1.165, 1.54) is 0 Å². The normalized spacial score (nSPS) is 12.2. The summed E-state index contributed by atoms with van der Waals surface area (Å²) in [4.78, 5) is 22.3. The number of aliphatic carboxylic acids is 1. The van der Waals surface area contributed by atoms with Gasteiger partial charge in [0.1, 0.15) is 6.04 Å². The molecular weight excluding hydrogens is 256 g/mol. The lowest BCUT2D eigenvalue weighted by atomic mass is 10.2. The van der Waals surface area contributed by atoms with Crippen molar-refractivity contribution in [3.63, 3.8) is 0 Å². The lowest BCUT2D eigenvalue weighted by Gasteiger charge is -2.15. The SMILES string of the molecule is CSCCC(NC(=O)NCCOC(C)C)C(=O)O. The van der Waals surface area contributed by atoms with Crippen LogP contribution in [0.3, 0.4) is 0 Å². The van der Waals surface area contributed by atoms with E-state index in [0.717, 1.165) is 0 Å². The largest absolute Gasteiger partial charge is 0.480 e. The molecule has 6 nitrogen and oxygen atoms in total. The Hall–Kier alpha value is -0.950. The minimum atomic E-state index is -1.02. The van der Waals surface area contributed by atoms with Crippen LogP contribution in [0.4, 0.5) is 4.79 Å². The molecule has 0 spiro atoms. The summed E-state index contributed by atoms with van der Waals surface area (Å²) in [7, 11) is 0. The molecule has 0 aromatic carbocycles. The van der Waals surface area contributed by atoms with E-state index >= 15 is 0 Å². The summed E-state index contributed by atoms with van der Waals surface area (Å²) in [6.07, 6.45) is 2.41. The molecule has 0 heterocycles. The molecule has 106 valence electrons. The van der Waals surface area contributed by atoms with Gasteiger partial charge in [-0.2, -0.15) is 11.8 Å². The highest BCUT2D eigenvalue weighted by molar-refractivity contribution is 7.98. The van der Waals surface area contributed by atoms with Crippen LogP contribution in [0.2, 0.25) is 0 Å². The molecule has 0 aromatic rings. The summed E-state index contributed by atoms with van der Waals surface area (Å²) >= 11 is 1.54. The molecule has 1 unspecified atom stereocenters. The molecule has 0 radical (unpaired) electrons. The summed E-state index contributed by atoms with van der Waals surface area (Å²) in [5.41, 5.74) is 0. The molecule has 7 heteroatoms. The van der Waals surface area contributed by atoms with Gasteiger partial charge in [0, 0.05) is 6.54 Å². The Morgan fingerprint density at radius 2 is 2.06 bits per heavy atom. The van der Waals surface area contributed by atoms with Gasteiger partial charge in [-0.05, 0) is 32.3 Å². The zero-order valence-corrected chi connectivity index (χ0v) is 11.9. The maximum atomic E-state index is 11.4. The number of carboxylic acids is 1. The summed E-state index contributed by atoms with van der Waals surface area (Å²) in [5.74, 6) is -0.328. The van der Waals surface area contributed by atoms with Crippen LogP contribution >= 0.6 is 11.8 Å². The Morgan fingerprint density at radius 1 is 1.39 bits per heavy atom. The summed E-state index contributed by atoms with van der Waals surface area (Å²) in [6.45, 7) is 4.58. The highest BCUT2D eigenvalue weighted by Gasteiger charge is 2.18. The van der Waals surface area contributed by atoms with Crippen molar-refractivity contribution in [2.75, 3.05) is 25.2 Å². The van der Waals surface area contributed by atoms with Gasteiger partial charge in [-0.25, -0.2) is 9.59 Å². The van der Waals surface area contributed by atoms with E-state index in [-0.39, 0.29) is 6.10 Å². The second-order valence-corrected chi connectivity index (χ2v) is 4.98. The molecule has 0 fully saturated rings. The van der Waals surface area contributed by atoms with Crippen LogP contribution in [0.25, 0.3) is 0 Å². The van der Waals surface area contributed by atoms with Crippen molar-refractivity contribution >= 4 is 23.8 Å². The zero-order chi connectivity index (χ0) is 14.0. The number of nitrogens with one attached hydrogen (secondary N) is 2. The van der Waals surface area contributed by atoms with Gasteiger partial charge in [0.25, 0.3) is 0 Å². The molecule has 0 saturated carbocycles. The number of thioether (sulfide) groups is 1. The summed E-state index contributed by atoms with van der Waals surface area (Å²) < 4.78 is 5.25. The first-order valence-electron chi connectivity index (χ1n) is 5.85. The third-order valence-electron chi connectivity index (χ3n) is 2.05. The van der Waals surface area contributed by atoms with Gasteiger partial charge in [-0.15, -0.1) is 0 Å². The highest BCUT2D eigenvalue weighted by atomic mass is 32.2. The standard InChI is InChI=1S/C11H22N2O4S/c1-8(2)17-6-5-12-11(16)13-9(10(14)15)4-7-18-3/h8-9H,4-7H2,1-3H3,(H,14,15)(H2,12,13,16). The summed E-state index contributed by atoms with van der Waals surface area (Å²) in [5, 5.41) is 13.9. The van der Waals surface area contributed by atoms with Gasteiger partial charge in [0.05, 0.1) is 12.7 Å². The van der Waals surface area contributed by atoms with Crippen molar-refractivity contribution in [1.82, 2.24) is 10.6 Å². The first-order chi connectivity index (χ1) is 8.47. The molecule has 0 aliphatic carbocycles. The molecule has 0 aliphatic rings. The maximum Gasteiger partial charge on any atom is 0.326 e. The molecule has 2 amide bonds. The molecule has 1 atom stereocenters. The average Bonchev–Trinajstić information content (AvgIpc) is 2.29. The Bertz CT molecular complexity index is 261. The highest BCUT2D eigenvalue weighted by Crippen LogP contribution is 2.00. The van der Waals surface area contributed by atoms with E-state index in [1.807, 2.05) is 20.1 Å². The first kappa shape index (κ1) is 17.1. The Labute approximate surface area is 112 Å². The molecule has 3 N–H and O–H groups in total. The second-order valence-electron chi connectivity index (χ2n) is 3.99. The monoisotopic (exact) mass is 278 g/mol. The predicted molar refractivity (Wildman–Crippen MR) is 72.0 cm³/mol. The van der Waals surface area contributed by atoms with Gasteiger partial charge < -0.3 is 20.5 Å². The van der Waals surface area contributed by atoms with E-state index in [2.05, 4.69) is 10.6 Å². The van der Waals surface area contributed by atoms with Crippen molar-refractivity contribution < 1.29 is 19.4 Å². The van der Waals surface area contributed by atoms with E-state index in [0.29, 0.717) is 25.3 Å².